The minimum Gasteiger partial charge on any atom is -0.374 e. The molecule has 0 radical (unpaired) electrons. The van der Waals surface area contributed by atoms with Gasteiger partial charge in [0, 0.05) is 39.4 Å². The van der Waals surface area contributed by atoms with Crippen LogP contribution < -0.4 is 20.8 Å². The van der Waals surface area contributed by atoms with Crippen molar-refractivity contribution < 1.29 is 0 Å². The zero-order valence-corrected chi connectivity index (χ0v) is 35.0. The average Bonchev–Trinajstić information content (AvgIpc) is 3.69. The fraction of sp³-hybridized carbons (Fsp3) is 0.119. The molecule has 62 heavy (non-hydrogen) atoms. The smallest absolute Gasteiger partial charge is 0.0704 e. The zero-order chi connectivity index (χ0) is 41.4. The maximum Gasteiger partial charge on any atom is 0.0704 e. The van der Waals surface area contributed by atoms with Gasteiger partial charge in [0.15, 0.2) is 0 Å². The van der Waals surface area contributed by atoms with Gasteiger partial charge in [0.05, 0.1) is 22.6 Å². The molecule has 1 aromatic heterocycles. The van der Waals surface area contributed by atoms with Gasteiger partial charge in [0.25, 0.3) is 0 Å². The maximum absolute atomic E-state index is 4.75. The second-order valence-electron chi connectivity index (χ2n) is 16.7. The molecule has 5 aliphatic rings. The Bertz CT molecular complexity index is 3160. The predicted octanol–water partition coefficient (Wildman–Crippen LogP) is 12.7. The second-order valence-corrected chi connectivity index (χ2v) is 16.7. The summed E-state index contributed by atoms with van der Waals surface area (Å²) in [7, 11) is 0. The SMILES string of the molecule is C=C1/C=C(c2cccc(C3=CC(C4=CCCC=C4)NC(c4ccccc4)=C3)c2)\C=C/N(c2ccccc2C2=c3c(c4ccccc4n3-c3ccccc3)=CCC2)C2=C1CCC=C2. The van der Waals surface area contributed by atoms with E-state index in [1.54, 1.807) is 0 Å². The molecule has 11 rings (SSSR count). The Morgan fingerprint density at radius 3 is 2.19 bits per heavy atom. The topological polar surface area (TPSA) is 20.2 Å². The monoisotopic (exact) mass is 799 g/mol. The largest absolute Gasteiger partial charge is 0.374 e. The van der Waals surface area contributed by atoms with Crippen LogP contribution in [0.4, 0.5) is 5.69 Å². The van der Waals surface area contributed by atoms with Crippen molar-refractivity contribution in [3.63, 3.8) is 0 Å². The molecular weight excluding hydrogens is 751 g/mol. The number of anilines is 1. The van der Waals surface area contributed by atoms with E-state index in [0.717, 1.165) is 55.4 Å². The fourth-order valence-corrected chi connectivity index (χ4v) is 9.96. The van der Waals surface area contributed by atoms with Crippen molar-refractivity contribution in [1.29, 1.82) is 0 Å². The summed E-state index contributed by atoms with van der Waals surface area (Å²) < 4.78 is 2.48. The molecule has 3 aliphatic carbocycles. The average molecular weight is 800 g/mol. The maximum atomic E-state index is 4.75. The molecule has 0 saturated carbocycles. The first-order valence-electron chi connectivity index (χ1n) is 22.2. The van der Waals surface area contributed by atoms with Crippen LogP contribution in [0.1, 0.15) is 60.8 Å². The predicted molar refractivity (Wildman–Crippen MR) is 262 cm³/mol. The number of fused-ring (bicyclic) bond motifs is 3. The summed E-state index contributed by atoms with van der Waals surface area (Å²) in [6.45, 7) is 4.75. The van der Waals surface area contributed by atoms with Crippen LogP contribution in [0.15, 0.2) is 223 Å². The first kappa shape index (κ1) is 37.6. The lowest BCUT2D eigenvalue weighted by molar-refractivity contribution is 0.806. The molecular formula is C59H49N3. The molecule has 3 heterocycles. The fourth-order valence-electron chi connectivity index (χ4n) is 9.96. The van der Waals surface area contributed by atoms with Crippen LogP contribution in [-0.4, -0.2) is 10.6 Å². The summed E-state index contributed by atoms with van der Waals surface area (Å²) in [6, 6.07) is 48.6. The highest BCUT2D eigenvalue weighted by molar-refractivity contribution is 5.91. The van der Waals surface area contributed by atoms with Gasteiger partial charge in [-0.25, -0.2) is 0 Å². The van der Waals surface area contributed by atoms with Gasteiger partial charge in [-0.05, 0) is 149 Å². The van der Waals surface area contributed by atoms with E-state index in [0.29, 0.717) is 0 Å². The molecule has 0 bridgehead atoms. The third-order valence-corrected chi connectivity index (χ3v) is 12.9. The van der Waals surface area contributed by atoms with E-state index in [9.17, 15) is 0 Å². The molecule has 0 fully saturated rings. The van der Waals surface area contributed by atoms with Gasteiger partial charge in [0.1, 0.15) is 0 Å². The highest BCUT2D eigenvalue weighted by atomic mass is 15.1. The normalized spacial score (nSPS) is 19.8. The molecule has 0 saturated heterocycles. The van der Waals surface area contributed by atoms with Crippen molar-refractivity contribution >= 4 is 45.1 Å². The molecule has 1 unspecified atom stereocenters. The van der Waals surface area contributed by atoms with Gasteiger partial charge in [-0.2, -0.15) is 0 Å². The lowest BCUT2D eigenvalue weighted by atomic mass is 9.88. The van der Waals surface area contributed by atoms with Gasteiger partial charge in [-0.3, -0.25) is 0 Å². The number of nitrogens with one attached hydrogen (secondary N) is 1. The first-order valence-corrected chi connectivity index (χ1v) is 22.2. The number of benzene rings is 5. The number of allylic oxidation sites excluding steroid dienone is 11. The van der Waals surface area contributed by atoms with Crippen LogP contribution in [0.3, 0.4) is 0 Å². The van der Waals surface area contributed by atoms with Crippen LogP contribution in [0.25, 0.3) is 45.1 Å². The van der Waals surface area contributed by atoms with Crippen LogP contribution in [-0.2, 0) is 0 Å². The van der Waals surface area contributed by atoms with Crippen LogP contribution >= 0.6 is 0 Å². The Labute approximate surface area is 364 Å². The molecule has 1 atom stereocenters. The third kappa shape index (κ3) is 6.90. The molecule has 6 aromatic rings. The summed E-state index contributed by atoms with van der Waals surface area (Å²) in [6.07, 6.45) is 31.7. The van der Waals surface area contributed by atoms with Crippen molar-refractivity contribution in [3.05, 3.63) is 256 Å². The van der Waals surface area contributed by atoms with Crippen molar-refractivity contribution in [1.82, 2.24) is 9.88 Å². The minimum atomic E-state index is 0.0916. The Morgan fingerprint density at radius 2 is 1.34 bits per heavy atom. The highest BCUT2D eigenvalue weighted by Crippen LogP contribution is 2.39. The molecule has 1 N–H and O–H groups in total. The number of aromatic nitrogens is 1. The number of hydrogen-bond acceptors (Lipinski definition) is 2. The Balaban J connectivity index is 1.04. The summed E-state index contributed by atoms with van der Waals surface area (Å²) in [5, 5.41) is 7.76. The molecule has 0 spiro atoms. The molecule has 0 amide bonds. The summed E-state index contributed by atoms with van der Waals surface area (Å²) in [5.41, 5.74) is 18.1. The van der Waals surface area contributed by atoms with Gasteiger partial charge in [-0.15, -0.1) is 0 Å². The zero-order valence-electron chi connectivity index (χ0n) is 35.0. The molecule has 3 nitrogen and oxygen atoms in total. The first-order chi connectivity index (χ1) is 30.7. The van der Waals surface area contributed by atoms with Crippen molar-refractivity contribution in [2.24, 2.45) is 0 Å². The molecule has 3 heteroatoms. The minimum absolute atomic E-state index is 0.0916. The second kappa shape index (κ2) is 16.2. The van der Waals surface area contributed by atoms with E-state index in [1.165, 1.54) is 83.1 Å². The van der Waals surface area contributed by atoms with Crippen molar-refractivity contribution in [2.45, 2.75) is 44.6 Å². The van der Waals surface area contributed by atoms with E-state index in [2.05, 4.69) is 215 Å². The van der Waals surface area contributed by atoms with Crippen molar-refractivity contribution in [2.75, 3.05) is 4.90 Å². The van der Waals surface area contributed by atoms with Gasteiger partial charge < -0.3 is 14.8 Å². The van der Waals surface area contributed by atoms with Crippen LogP contribution in [0, 0.1) is 0 Å². The van der Waals surface area contributed by atoms with Gasteiger partial charge in [0.2, 0.25) is 0 Å². The number of hydrogen-bond donors (Lipinski definition) is 1. The van der Waals surface area contributed by atoms with Gasteiger partial charge >= 0.3 is 0 Å². The lowest BCUT2D eigenvalue weighted by Gasteiger charge is -2.31. The number of nitrogens with zero attached hydrogens (tertiary/aromatic N) is 2. The Kier molecular flexibility index (Phi) is 9.86. The van der Waals surface area contributed by atoms with E-state index >= 15 is 0 Å². The van der Waals surface area contributed by atoms with Crippen LogP contribution in [0.2, 0.25) is 0 Å². The van der Waals surface area contributed by atoms with Gasteiger partial charge in [-0.1, -0.05) is 140 Å². The van der Waals surface area contributed by atoms with E-state index in [-0.39, 0.29) is 6.04 Å². The Morgan fingerprint density at radius 1 is 0.597 bits per heavy atom. The summed E-state index contributed by atoms with van der Waals surface area (Å²) >= 11 is 0. The standard InChI is InChI=1S/C59H49N3/c1-41-37-46(44-23-17-24-45(38-44)47-39-54(42-19-5-2-6-20-42)60-55(40-47)43-21-7-3-8-22-43)35-36-61(56-32-14-11-27-49(41)56)57-33-15-12-28-50(57)52-30-18-31-53-51-29-13-16-34-58(51)62(59(52)53)48-25-9-4-10-26-48/h2,4-7,9-10,12-17,19-26,28-29,31-40,55,60H,1,3,8,11,18,27,30H2/b36-35-,46-37+. The van der Waals surface area contributed by atoms with Crippen LogP contribution in [0.5, 0.6) is 0 Å². The molecule has 2 aliphatic heterocycles. The number of rotatable bonds is 7. The number of para-hydroxylation sites is 3. The Hall–Kier alpha value is -7.36. The summed E-state index contributed by atoms with van der Waals surface area (Å²) in [5.74, 6) is 0. The van der Waals surface area contributed by atoms with E-state index < -0.39 is 0 Å². The molecule has 5 aromatic carbocycles. The molecule has 300 valence electrons. The highest BCUT2D eigenvalue weighted by Gasteiger charge is 2.25. The number of dihydropyridines is 1. The van der Waals surface area contributed by atoms with E-state index in [1.807, 2.05) is 0 Å². The third-order valence-electron chi connectivity index (χ3n) is 12.9. The van der Waals surface area contributed by atoms with E-state index in [4.69, 9.17) is 6.58 Å². The quantitative estimate of drug-likeness (QED) is 0.174. The summed E-state index contributed by atoms with van der Waals surface area (Å²) in [4.78, 5) is 2.43. The lowest BCUT2D eigenvalue weighted by Crippen LogP contribution is -2.34. The van der Waals surface area contributed by atoms with Crippen molar-refractivity contribution in [3.8, 4) is 5.69 Å².